The number of nitrogens with one attached hydrogen (secondary N) is 2. The Hall–Kier alpha value is -4.03. The first-order chi connectivity index (χ1) is 18.7. The second-order valence-corrected chi connectivity index (χ2v) is 9.42. The average molecular weight is 542 g/mol. The zero-order valence-corrected chi connectivity index (χ0v) is 20.8. The topological polar surface area (TPSA) is 106 Å². The molecule has 3 aromatic rings. The van der Waals surface area contributed by atoms with Crippen LogP contribution in [0.15, 0.2) is 66.9 Å². The Morgan fingerprint density at radius 1 is 1.00 bits per heavy atom. The third kappa shape index (κ3) is 6.18. The van der Waals surface area contributed by atoms with Gasteiger partial charge in [0.2, 0.25) is 5.91 Å². The quantitative estimate of drug-likeness (QED) is 0.426. The van der Waals surface area contributed by atoms with Crippen LogP contribution in [-0.4, -0.2) is 60.0 Å². The van der Waals surface area contributed by atoms with Crippen molar-refractivity contribution in [2.75, 3.05) is 31.1 Å². The summed E-state index contributed by atoms with van der Waals surface area (Å²) in [5, 5.41) is 14.3. The summed E-state index contributed by atoms with van der Waals surface area (Å²) >= 11 is 0. The fourth-order valence-electron chi connectivity index (χ4n) is 4.53. The van der Waals surface area contributed by atoms with E-state index >= 15 is 0 Å². The molecule has 1 atom stereocenters. The van der Waals surface area contributed by atoms with Crippen molar-refractivity contribution in [3.8, 4) is 11.5 Å². The summed E-state index contributed by atoms with van der Waals surface area (Å²) in [6.07, 6.45) is -2.84. The molecular formula is C27H26F3N5O4. The number of halogens is 3. The molecule has 3 heterocycles. The van der Waals surface area contributed by atoms with Crippen molar-refractivity contribution < 1.29 is 32.2 Å². The maximum absolute atomic E-state index is 13.4. The molecule has 0 bridgehead atoms. The van der Waals surface area contributed by atoms with Gasteiger partial charge in [-0.2, -0.15) is 5.10 Å². The van der Waals surface area contributed by atoms with Gasteiger partial charge in [0.15, 0.2) is 17.2 Å². The van der Waals surface area contributed by atoms with E-state index in [0.29, 0.717) is 55.4 Å². The number of hydrogen-bond acceptors (Lipinski definition) is 8. The molecule has 5 rings (SSSR count). The summed E-state index contributed by atoms with van der Waals surface area (Å²) in [6.45, 7) is 2.05. The third-order valence-electron chi connectivity index (χ3n) is 6.69. The standard InChI is InChI=1S/C27H26F3N5O4/c28-27(29,30)39-22-7-3-18(4-8-22)14-23(36)26(11-13-31-17-26)38-21-9-5-20(6-10-21)35(24-2-1-12-33-34-24)25(37)19-15-32-16-19/h1-10,12,19,31-32H,11,13-17H2/t26-/m1/s1. The molecule has 0 saturated carbocycles. The Labute approximate surface area is 222 Å². The zero-order chi connectivity index (χ0) is 27.5. The lowest BCUT2D eigenvalue weighted by Gasteiger charge is -2.32. The lowest BCUT2D eigenvalue weighted by Crippen LogP contribution is -2.51. The molecule has 0 aliphatic carbocycles. The summed E-state index contributed by atoms with van der Waals surface area (Å²) in [7, 11) is 0. The highest BCUT2D eigenvalue weighted by Gasteiger charge is 2.43. The van der Waals surface area contributed by atoms with Crippen LogP contribution in [0.2, 0.25) is 0 Å². The van der Waals surface area contributed by atoms with Crippen LogP contribution >= 0.6 is 0 Å². The van der Waals surface area contributed by atoms with Crippen LogP contribution in [0.25, 0.3) is 0 Å². The van der Waals surface area contributed by atoms with Crippen LogP contribution in [0.5, 0.6) is 11.5 Å². The smallest absolute Gasteiger partial charge is 0.478 e. The highest BCUT2D eigenvalue weighted by Crippen LogP contribution is 2.32. The molecule has 2 aliphatic rings. The van der Waals surface area contributed by atoms with Gasteiger partial charge >= 0.3 is 6.36 Å². The van der Waals surface area contributed by atoms with Crippen molar-refractivity contribution in [3.05, 3.63) is 72.4 Å². The second kappa shape index (κ2) is 11.0. The van der Waals surface area contributed by atoms with E-state index in [1.165, 1.54) is 35.4 Å². The van der Waals surface area contributed by atoms with Gasteiger partial charge in [-0.25, -0.2) is 0 Å². The molecule has 39 heavy (non-hydrogen) atoms. The Morgan fingerprint density at radius 3 is 2.28 bits per heavy atom. The molecule has 2 N–H and O–H groups in total. The number of benzene rings is 2. The Balaban J connectivity index is 1.31. The van der Waals surface area contributed by atoms with Crippen molar-refractivity contribution in [2.45, 2.75) is 24.8 Å². The summed E-state index contributed by atoms with van der Waals surface area (Å²) < 4.78 is 47.4. The first kappa shape index (κ1) is 26.6. The van der Waals surface area contributed by atoms with Crippen LogP contribution in [0.1, 0.15) is 12.0 Å². The highest BCUT2D eigenvalue weighted by molar-refractivity contribution is 6.01. The number of ketones is 1. The molecule has 0 radical (unpaired) electrons. The summed E-state index contributed by atoms with van der Waals surface area (Å²) in [5.41, 5.74) is -0.00471. The molecule has 204 valence electrons. The van der Waals surface area contributed by atoms with E-state index in [1.807, 2.05) is 0 Å². The number of Topliss-reactive ketones (excluding diaryl/α,β-unsaturated/α-hetero) is 1. The molecule has 12 heteroatoms. The first-order valence-electron chi connectivity index (χ1n) is 12.4. The molecule has 9 nitrogen and oxygen atoms in total. The van der Waals surface area contributed by atoms with Gasteiger partial charge in [0, 0.05) is 38.7 Å². The second-order valence-electron chi connectivity index (χ2n) is 9.42. The molecular weight excluding hydrogens is 515 g/mol. The van der Waals surface area contributed by atoms with E-state index in [0.717, 1.165) is 0 Å². The number of amides is 1. The van der Waals surface area contributed by atoms with Crippen molar-refractivity contribution >= 4 is 23.2 Å². The average Bonchev–Trinajstić information content (AvgIpc) is 3.35. The van der Waals surface area contributed by atoms with Gasteiger partial charge in [0.1, 0.15) is 11.5 Å². The van der Waals surface area contributed by atoms with Gasteiger partial charge in [-0.3, -0.25) is 14.5 Å². The lowest BCUT2D eigenvalue weighted by atomic mass is 9.92. The number of aromatic nitrogens is 2. The third-order valence-corrected chi connectivity index (χ3v) is 6.69. The summed E-state index contributed by atoms with van der Waals surface area (Å²) in [5.74, 6) is 0.0383. The molecule has 0 unspecified atom stereocenters. The number of anilines is 2. The number of carbonyl (C=O) groups is 2. The number of rotatable bonds is 9. The summed E-state index contributed by atoms with van der Waals surface area (Å²) in [4.78, 5) is 28.1. The summed E-state index contributed by atoms with van der Waals surface area (Å²) in [6, 6.07) is 15.5. The van der Waals surface area contributed by atoms with Crippen molar-refractivity contribution in [3.63, 3.8) is 0 Å². The van der Waals surface area contributed by atoms with E-state index in [1.54, 1.807) is 36.4 Å². The SMILES string of the molecule is O=C(C1CNC1)N(c1ccc(O[C@]2(C(=O)Cc3ccc(OC(F)(F)F)cc3)CCNC2)cc1)c1cccnn1. The molecule has 2 saturated heterocycles. The van der Waals surface area contributed by atoms with Gasteiger partial charge in [-0.05, 0) is 60.6 Å². The highest BCUT2D eigenvalue weighted by atomic mass is 19.4. The Morgan fingerprint density at radius 2 is 1.72 bits per heavy atom. The Kier molecular flexibility index (Phi) is 7.49. The van der Waals surface area contributed by atoms with Gasteiger partial charge in [0.05, 0.1) is 11.6 Å². The molecule has 0 spiro atoms. The van der Waals surface area contributed by atoms with E-state index in [2.05, 4.69) is 25.6 Å². The van der Waals surface area contributed by atoms with Crippen LogP contribution in [-0.2, 0) is 16.0 Å². The van der Waals surface area contributed by atoms with E-state index in [9.17, 15) is 22.8 Å². The van der Waals surface area contributed by atoms with Crippen molar-refractivity contribution in [2.24, 2.45) is 5.92 Å². The van der Waals surface area contributed by atoms with Crippen LogP contribution in [0, 0.1) is 5.92 Å². The number of hydrogen-bond donors (Lipinski definition) is 2. The number of alkyl halides is 3. The monoisotopic (exact) mass is 541 g/mol. The van der Waals surface area contributed by atoms with Crippen LogP contribution in [0.4, 0.5) is 24.7 Å². The largest absolute Gasteiger partial charge is 0.573 e. The fourth-order valence-corrected chi connectivity index (χ4v) is 4.53. The molecule has 2 aliphatic heterocycles. The van der Waals surface area contributed by atoms with Gasteiger partial charge < -0.3 is 20.1 Å². The maximum atomic E-state index is 13.4. The molecule has 2 fully saturated rings. The minimum absolute atomic E-state index is 0.0174. The first-order valence-corrected chi connectivity index (χ1v) is 12.4. The maximum Gasteiger partial charge on any atom is 0.573 e. The lowest BCUT2D eigenvalue weighted by molar-refractivity contribution is -0.274. The fraction of sp³-hybridized carbons (Fsp3) is 0.333. The van der Waals surface area contributed by atoms with E-state index < -0.39 is 12.0 Å². The van der Waals surface area contributed by atoms with Gasteiger partial charge in [-0.15, -0.1) is 18.3 Å². The Bertz CT molecular complexity index is 1290. The minimum Gasteiger partial charge on any atom is -0.478 e. The predicted molar refractivity (Wildman–Crippen MR) is 135 cm³/mol. The van der Waals surface area contributed by atoms with E-state index in [-0.39, 0.29) is 29.8 Å². The van der Waals surface area contributed by atoms with E-state index in [4.69, 9.17) is 4.74 Å². The van der Waals surface area contributed by atoms with Crippen LogP contribution < -0.4 is 25.0 Å². The number of ether oxygens (including phenoxy) is 2. The molecule has 1 amide bonds. The van der Waals surface area contributed by atoms with Crippen LogP contribution in [0.3, 0.4) is 0 Å². The number of carbonyl (C=O) groups excluding carboxylic acids is 2. The van der Waals surface area contributed by atoms with Gasteiger partial charge in [0.25, 0.3) is 0 Å². The molecule has 1 aromatic heterocycles. The predicted octanol–water partition coefficient (Wildman–Crippen LogP) is 3.18. The number of nitrogens with zero attached hydrogens (tertiary/aromatic N) is 3. The minimum atomic E-state index is -4.78. The van der Waals surface area contributed by atoms with Crippen molar-refractivity contribution in [1.82, 2.24) is 20.8 Å². The normalized spacial score (nSPS) is 19.3. The van der Waals surface area contributed by atoms with Gasteiger partial charge in [-0.1, -0.05) is 12.1 Å². The van der Waals surface area contributed by atoms with Crippen molar-refractivity contribution in [1.29, 1.82) is 0 Å². The molecule has 2 aromatic carbocycles. The zero-order valence-electron chi connectivity index (χ0n) is 20.8.